The number of aryl methyl sites for hydroxylation is 1. The molecular formula is C14H16ClN3OS. The van der Waals surface area contributed by atoms with Crippen LogP contribution in [0.3, 0.4) is 0 Å². The van der Waals surface area contributed by atoms with Crippen molar-refractivity contribution in [3.8, 4) is 0 Å². The second kappa shape index (κ2) is 6.24. The molecule has 0 spiro atoms. The Bertz CT molecular complexity index is 627. The molecule has 0 unspecified atom stereocenters. The van der Waals surface area contributed by atoms with Gasteiger partial charge in [0.1, 0.15) is 5.82 Å². The maximum atomic E-state index is 12.4. The first-order valence-corrected chi connectivity index (χ1v) is 7.45. The molecule has 0 fully saturated rings. The number of carbonyl (C=O) groups is 1. The van der Waals surface area contributed by atoms with E-state index in [9.17, 15) is 4.79 Å². The van der Waals surface area contributed by atoms with E-state index in [0.717, 1.165) is 21.3 Å². The van der Waals surface area contributed by atoms with Crippen LogP contribution < -0.4 is 5.73 Å². The number of amides is 1. The lowest BCUT2D eigenvalue weighted by molar-refractivity contribution is 0.0786. The minimum absolute atomic E-state index is 0.0710. The highest BCUT2D eigenvalue weighted by molar-refractivity contribution is 7.16. The molecule has 2 aromatic heterocycles. The highest BCUT2D eigenvalue weighted by atomic mass is 35.5. The van der Waals surface area contributed by atoms with Crippen molar-refractivity contribution in [3.05, 3.63) is 44.7 Å². The lowest BCUT2D eigenvalue weighted by atomic mass is 10.1. The largest absolute Gasteiger partial charge is 0.384 e. The molecule has 0 saturated heterocycles. The molecule has 0 aliphatic carbocycles. The van der Waals surface area contributed by atoms with Crippen LogP contribution in [0, 0.1) is 0 Å². The fraction of sp³-hybridized carbons (Fsp3) is 0.286. The van der Waals surface area contributed by atoms with Gasteiger partial charge in [-0.05, 0) is 30.7 Å². The van der Waals surface area contributed by atoms with Crippen molar-refractivity contribution in [2.75, 3.05) is 12.8 Å². The van der Waals surface area contributed by atoms with Gasteiger partial charge in [0.05, 0.1) is 10.9 Å². The van der Waals surface area contributed by atoms with Crippen molar-refractivity contribution in [2.45, 2.75) is 19.9 Å². The van der Waals surface area contributed by atoms with E-state index in [2.05, 4.69) is 4.98 Å². The van der Waals surface area contributed by atoms with E-state index < -0.39 is 0 Å². The summed E-state index contributed by atoms with van der Waals surface area (Å²) >= 11 is 7.37. The SMILES string of the molecule is CCc1cc(C(=O)N(C)Cc2ccc(Cl)s2)cc(N)n1. The van der Waals surface area contributed by atoms with Crippen molar-refractivity contribution in [1.29, 1.82) is 0 Å². The third-order valence-corrected chi connectivity index (χ3v) is 4.09. The molecule has 0 radical (unpaired) electrons. The van der Waals surface area contributed by atoms with Gasteiger partial charge in [-0.25, -0.2) is 4.98 Å². The molecule has 2 aromatic rings. The van der Waals surface area contributed by atoms with Crippen LogP contribution in [0.5, 0.6) is 0 Å². The van der Waals surface area contributed by atoms with Crippen LogP contribution in [0.25, 0.3) is 0 Å². The van der Waals surface area contributed by atoms with E-state index in [4.69, 9.17) is 17.3 Å². The van der Waals surface area contributed by atoms with Gasteiger partial charge in [0.15, 0.2) is 0 Å². The molecule has 20 heavy (non-hydrogen) atoms. The lowest BCUT2D eigenvalue weighted by Crippen LogP contribution is -2.26. The van der Waals surface area contributed by atoms with E-state index in [1.54, 1.807) is 24.1 Å². The molecule has 4 nitrogen and oxygen atoms in total. The summed E-state index contributed by atoms with van der Waals surface area (Å²) in [4.78, 5) is 19.3. The first-order valence-electron chi connectivity index (χ1n) is 6.25. The summed E-state index contributed by atoms with van der Waals surface area (Å²) in [6.07, 6.45) is 0.746. The first-order chi connectivity index (χ1) is 9.49. The summed E-state index contributed by atoms with van der Waals surface area (Å²) in [6, 6.07) is 7.16. The first kappa shape index (κ1) is 14.8. The van der Waals surface area contributed by atoms with Gasteiger partial charge in [-0.3, -0.25) is 4.79 Å². The molecule has 6 heteroatoms. The third kappa shape index (κ3) is 3.49. The number of aromatic nitrogens is 1. The Morgan fingerprint density at radius 3 is 2.80 bits per heavy atom. The Balaban J connectivity index is 2.15. The fourth-order valence-corrected chi connectivity index (χ4v) is 3.02. The van der Waals surface area contributed by atoms with Gasteiger partial charge < -0.3 is 10.6 Å². The average molecular weight is 310 g/mol. The van der Waals surface area contributed by atoms with Gasteiger partial charge in [0, 0.05) is 23.2 Å². The zero-order valence-corrected chi connectivity index (χ0v) is 13.0. The van der Waals surface area contributed by atoms with Crippen LogP contribution in [0.15, 0.2) is 24.3 Å². The van der Waals surface area contributed by atoms with E-state index >= 15 is 0 Å². The number of rotatable bonds is 4. The Labute approximate surface area is 127 Å². The van der Waals surface area contributed by atoms with Gasteiger partial charge in [0.25, 0.3) is 5.91 Å². The van der Waals surface area contributed by atoms with Crippen molar-refractivity contribution < 1.29 is 4.79 Å². The second-order valence-corrected chi connectivity index (χ2v) is 6.29. The number of thiophene rings is 1. The predicted octanol–water partition coefficient (Wildman–Crippen LogP) is 3.21. The van der Waals surface area contributed by atoms with Gasteiger partial charge in [-0.15, -0.1) is 11.3 Å². The zero-order valence-electron chi connectivity index (χ0n) is 11.4. The molecule has 2 N–H and O–H groups in total. The normalized spacial score (nSPS) is 10.6. The Morgan fingerprint density at radius 1 is 1.45 bits per heavy atom. The number of nitrogen functional groups attached to an aromatic ring is 1. The highest BCUT2D eigenvalue weighted by Gasteiger charge is 2.14. The Kier molecular flexibility index (Phi) is 4.62. The van der Waals surface area contributed by atoms with Crippen molar-refractivity contribution in [1.82, 2.24) is 9.88 Å². The molecular weight excluding hydrogens is 294 g/mol. The van der Waals surface area contributed by atoms with E-state index in [1.807, 2.05) is 19.1 Å². The lowest BCUT2D eigenvalue weighted by Gasteiger charge is -2.16. The molecule has 0 atom stereocenters. The zero-order chi connectivity index (χ0) is 14.7. The van der Waals surface area contributed by atoms with Gasteiger partial charge >= 0.3 is 0 Å². The van der Waals surface area contributed by atoms with E-state index in [0.29, 0.717) is 17.9 Å². The highest BCUT2D eigenvalue weighted by Crippen LogP contribution is 2.23. The topological polar surface area (TPSA) is 59.2 Å². The molecule has 106 valence electrons. The smallest absolute Gasteiger partial charge is 0.254 e. The summed E-state index contributed by atoms with van der Waals surface area (Å²) in [5, 5.41) is 0. The summed E-state index contributed by atoms with van der Waals surface area (Å²) in [7, 11) is 1.76. The maximum Gasteiger partial charge on any atom is 0.254 e. The summed E-state index contributed by atoms with van der Waals surface area (Å²) in [6.45, 7) is 2.51. The van der Waals surface area contributed by atoms with Crippen molar-refractivity contribution in [3.63, 3.8) is 0 Å². The Morgan fingerprint density at radius 2 is 2.20 bits per heavy atom. The molecule has 1 amide bonds. The quantitative estimate of drug-likeness (QED) is 0.943. The molecule has 2 rings (SSSR count). The molecule has 0 aliphatic heterocycles. The fourth-order valence-electron chi connectivity index (χ4n) is 1.88. The predicted molar refractivity (Wildman–Crippen MR) is 83.2 cm³/mol. The second-order valence-electron chi connectivity index (χ2n) is 4.49. The van der Waals surface area contributed by atoms with Gasteiger partial charge in [-0.1, -0.05) is 18.5 Å². The summed E-state index contributed by atoms with van der Waals surface area (Å²) in [5.41, 5.74) is 7.12. The van der Waals surface area contributed by atoms with Crippen molar-refractivity contribution >= 4 is 34.7 Å². The third-order valence-electron chi connectivity index (χ3n) is 2.88. The molecule has 0 saturated carbocycles. The maximum absolute atomic E-state index is 12.4. The number of nitrogens with zero attached hydrogens (tertiary/aromatic N) is 2. The number of pyridine rings is 1. The number of halogens is 1. The number of hydrogen-bond acceptors (Lipinski definition) is 4. The average Bonchev–Trinajstić information content (AvgIpc) is 2.82. The number of carbonyl (C=O) groups excluding carboxylic acids is 1. The standard InChI is InChI=1S/C14H16ClN3OS/c1-3-10-6-9(7-13(16)17-10)14(19)18(2)8-11-4-5-12(15)20-11/h4-7H,3,8H2,1-2H3,(H2,16,17). The van der Waals surface area contributed by atoms with Crippen LogP contribution in [-0.4, -0.2) is 22.8 Å². The van der Waals surface area contributed by atoms with Gasteiger partial charge in [0.2, 0.25) is 0 Å². The van der Waals surface area contributed by atoms with E-state index in [-0.39, 0.29) is 5.91 Å². The van der Waals surface area contributed by atoms with Crippen LogP contribution in [0.2, 0.25) is 4.34 Å². The molecule has 0 aliphatic rings. The number of nitrogens with two attached hydrogens (primary N) is 1. The monoisotopic (exact) mass is 309 g/mol. The van der Waals surface area contributed by atoms with Crippen LogP contribution >= 0.6 is 22.9 Å². The van der Waals surface area contributed by atoms with E-state index in [1.165, 1.54) is 11.3 Å². The Hall–Kier alpha value is -1.59. The van der Waals surface area contributed by atoms with Crippen LogP contribution in [0.4, 0.5) is 5.82 Å². The molecule has 0 aromatic carbocycles. The van der Waals surface area contributed by atoms with Crippen LogP contribution in [0.1, 0.15) is 27.9 Å². The molecule has 2 heterocycles. The number of hydrogen-bond donors (Lipinski definition) is 1. The molecule has 0 bridgehead atoms. The minimum Gasteiger partial charge on any atom is -0.384 e. The minimum atomic E-state index is -0.0710. The van der Waals surface area contributed by atoms with Crippen LogP contribution in [-0.2, 0) is 13.0 Å². The number of anilines is 1. The van der Waals surface area contributed by atoms with Gasteiger partial charge in [-0.2, -0.15) is 0 Å². The summed E-state index contributed by atoms with van der Waals surface area (Å²) in [5.74, 6) is 0.304. The summed E-state index contributed by atoms with van der Waals surface area (Å²) < 4.78 is 0.724. The van der Waals surface area contributed by atoms with Crippen molar-refractivity contribution in [2.24, 2.45) is 0 Å².